The SMILES string of the molecule is CO[C@]1(C)OC(=O)[C@H]([C@@H]2CCCC[C@@H]2[N+](=O)[O-])O[C@@]1(C)OC. The summed E-state index contributed by atoms with van der Waals surface area (Å²) in [7, 11) is 2.80. The van der Waals surface area contributed by atoms with E-state index in [1.54, 1.807) is 6.92 Å². The van der Waals surface area contributed by atoms with Crippen molar-refractivity contribution in [1.29, 1.82) is 0 Å². The molecular weight excluding hydrogens is 294 g/mol. The normalized spacial score (nSPS) is 42.7. The van der Waals surface area contributed by atoms with Crippen LogP contribution in [0.5, 0.6) is 0 Å². The molecular formula is C14H23NO7. The lowest BCUT2D eigenvalue weighted by atomic mass is 9.80. The van der Waals surface area contributed by atoms with Crippen molar-refractivity contribution < 1.29 is 28.7 Å². The molecule has 1 aliphatic heterocycles. The molecule has 1 aliphatic carbocycles. The number of carbonyl (C=O) groups is 1. The molecule has 0 aromatic carbocycles. The first-order chi connectivity index (χ1) is 10.3. The topological polar surface area (TPSA) is 97.1 Å². The number of carbonyl (C=O) groups excluding carboxylic acids is 1. The summed E-state index contributed by atoms with van der Waals surface area (Å²) in [6.07, 6.45) is 1.57. The minimum absolute atomic E-state index is 0.325. The zero-order chi connectivity index (χ0) is 16.5. The first-order valence-electron chi connectivity index (χ1n) is 7.42. The van der Waals surface area contributed by atoms with E-state index in [0.717, 1.165) is 12.8 Å². The van der Waals surface area contributed by atoms with Gasteiger partial charge >= 0.3 is 5.97 Å². The Hall–Kier alpha value is -1.25. The lowest BCUT2D eigenvalue weighted by Crippen LogP contribution is -2.66. The van der Waals surface area contributed by atoms with Crippen molar-refractivity contribution in [3.05, 3.63) is 10.1 Å². The quantitative estimate of drug-likeness (QED) is 0.440. The van der Waals surface area contributed by atoms with Crippen molar-refractivity contribution in [1.82, 2.24) is 0 Å². The average molecular weight is 317 g/mol. The van der Waals surface area contributed by atoms with Crippen LogP contribution in [-0.2, 0) is 23.7 Å². The van der Waals surface area contributed by atoms with Crippen molar-refractivity contribution >= 4 is 5.97 Å². The van der Waals surface area contributed by atoms with Crippen molar-refractivity contribution in [3.63, 3.8) is 0 Å². The number of hydrogen-bond acceptors (Lipinski definition) is 7. The molecule has 22 heavy (non-hydrogen) atoms. The zero-order valence-electron chi connectivity index (χ0n) is 13.4. The van der Waals surface area contributed by atoms with Gasteiger partial charge in [-0.05, 0) is 19.8 Å². The molecule has 5 atom stereocenters. The molecule has 0 radical (unpaired) electrons. The summed E-state index contributed by atoms with van der Waals surface area (Å²) >= 11 is 0. The third-order valence-electron chi connectivity index (χ3n) is 4.92. The van der Waals surface area contributed by atoms with E-state index in [4.69, 9.17) is 18.9 Å². The maximum absolute atomic E-state index is 12.3. The predicted molar refractivity (Wildman–Crippen MR) is 74.5 cm³/mol. The summed E-state index contributed by atoms with van der Waals surface area (Å²) in [6, 6.07) is -0.806. The summed E-state index contributed by atoms with van der Waals surface area (Å²) < 4.78 is 21.8. The Morgan fingerprint density at radius 2 is 1.77 bits per heavy atom. The van der Waals surface area contributed by atoms with Crippen molar-refractivity contribution in [2.24, 2.45) is 5.92 Å². The summed E-state index contributed by atoms with van der Waals surface area (Å²) in [6.45, 7) is 3.14. The van der Waals surface area contributed by atoms with Gasteiger partial charge in [0.25, 0.3) is 5.79 Å². The molecule has 2 rings (SSSR count). The van der Waals surface area contributed by atoms with Gasteiger partial charge in [0.2, 0.25) is 11.8 Å². The highest BCUT2D eigenvalue weighted by Crippen LogP contribution is 2.41. The van der Waals surface area contributed by atoms with Gasteiger partial charge in [-0.3, -0.25) is 10.1 Å². The first-order valence-corrected chi connectivity index (χ1v) is 7.42. The Kier molecular flexibility index (Phi) is 4.74. The van der Waals surface area contributed by atoms with Crippen LogP contribution in [0.25, 0.3) is 0 Å². The highest BCUT2D eigenvalue weighted by molar-refractivity contribution is 5.76. The van der Waals surface area contributed by atoms with Gasteiger partial charge in [-0.2, -0.15) is 0 Å². The van der Waals surface area contributed by atoms with E-state index in [2.05, 4.69) is 0 Å². The van der Waals surface area contributed by atoms with E-state index < -0.39 is 35.6 Å². The van der Waals surface area contributed by atoms with Gasteiger partial charge in [0.1, 0.15) is 0 Å². The smallest absolute Gasteiger partial charge is 0.338 e. The fraction of sp³-hybridized carbons (Fsp3) is 0.929. The highest BCUT2D eigenvalue weighted by atomic mass is 16.8. The molecule has 0 aromatic rings. The largest absolute Gasteiger partial charge is 0.425 e. The number of cyclic esters (lactones) is 1. The molecule has 0 unspecified atom stereocenters. The van der Waals surface area contributed by atoms with Crippen molar-refractivity contribution in [2.45, 2.75) is 63.3 Å². The lowest BCUT2D eigenvalue weighted by molar-refractivity contribution is -0.541. The van der Waals surface area contributed by atoms with Gasteiger partial charge in [-0.1, -0.05) is 6.42 Å². The molecule has 126 valence electrons. The molecule has 2 aliphatic rings. The number of rotatable bonds is 4. The van der Waals surface area contributed by atoms with Crippen LogP contribution in [0.2, 0.25) is 0 Å². The number of ether oxygens (including phenoxy) is 4. The molecule has 8 nitrogen and oxygen atoms in total. The Bertz CT molecular complexity index is 456. The number of nitro groups is 1. The second-order valence-electron chi connectivity index (χ2n) is 6.06. The minimum atomic E-state index is -1.41. The van der Waals surface area contributed by atoms with E-state index in [1.807, 2.05) is 0 Å². The summed E-state index contributed by atoms with van der Waals surface area (Å²) in [5.74, 6) is -3.91. The molecule has 8 heteroatoms. The van der Waals surface area contributed by atoms with E-state index in [-0.39, 0.29) is 4.92 Å². The molecule has 0 amide bonds. The Labute approximate surface area is 129 Å². The summed E-state index contributed by atoms with van der Waals surface area (Å²) in [5, 5.41) is 11.3. The molecule has 0 aromatic heterocycles. The molecule has 1 heterocycles. The number of nitrogens with zero attached hydrogens (tertiary/aromatic N) is 1. The maximum Gasteiger partial charge on any atom is 0.338 e. The average Bonchev–Trinajstić information content (AvgIpc) is 2.51. The zero-order valence-corrected chi connectivity index (χ0v) is 13.4. The van der Waals surface area contributed by atoms with Crippen LogP contribution in [0.4, 0.5) is 0 Å². The first kappa shape index (κ1) is 17.1. The molecule has 0 bridgehead atoms. The van der Waals surface area contributed by atoms with Crippen LogP contribution in [0.15, 0.2) is 0 Å². The van der Waals surface area contributed by atoms with Gasteiger partial charge in [0.15, 0.2) is 6.10 Å². The Morgan fingerprint density at radius 1 is 1.18 bits per heavy atom. The number of methoxy groups -OCH3 is 2. The number of esters is 1. The van der Waals surface area contributed by atoms with Gasteiger partial charge < -0.3 is 18.9 Å². The van der Waals surface area contributed by atoms with Crippen molar-refractivity contribution in [2.75, 3.05) is 14.2 Å². The molecule has 1 saturated heterocycles. The molecule has 0 N–H and O–H groups in total. The van der Waals surface area contributed by atoms with Crippen LogP contribution >= 0.6 is 0 Å². The minimum Gasteiger partial charge on any atom is -0.425 e. The third-order valence-corrected chi connectivity index (χ3v) is 4.92. The van der Waals surface area contributed by atoms with E-state index in [0.29, 0.717) is 12.8 Å². The predicted octanol–water partition coefficient (Wildman–Crippen LogP) is 1.49. The van der Waals surface area contributed by atoms with Gasteiger partial charge in [-0.25, -0.2) is 4.79 Å². The van der Waals surface area contributed by atoms with Crippen LogP contribution in [-0.4, -0.2) is 48.8 Å². The standard InChI is InChI=1S/C14H23NO7/c1-13(19-3)14(2,20-4)22-12(16)11(21-13)9-7-5-6-8-10(9)15(17)18/h9-11H,5-8H2,1-4H3/t9-,10+,11+,13-,14-/m1/s1. The van der Waals surface area contributed by atoms with Crippen LogP contribution < -0.4 is 0 Å². The molecule has 1 saturated carbocycles. The van der Waals surface area contributed by atoms with E-state index in [9.17, 15) is 14.9 Å². The Balaban J connectivity index is 2.28. The van der Waals surface area contributed by atoms with E-state index in [1.165, 1.54) is 21.1 Å². The summed E-state index contributed by atoms with van der Waals surface area (Å²) in [4.78, 5) is 23.3. The fourth-order valence-corrected chi connectivity index (χ4v) is 3.22. The van der Waals surface area contributed by atoms with Gasteiger partial charge in [-0.15, -0.1) is 0 Å². The second kappa shape index (κ2) is 6.10. The lowest BCUT2D eigenvalue weighted by Gasteiger charge is -2.49. The second-order valence-corrected chi connectivity index (χ2v) is 6.06. The van der Waals surface area contributed by atoms with Crippen molar-refractivity contribution in [3.8, 4) is 0 Å². The number of hydrogen-bond donors (Lipinski definition) is 0. The third kappa shape index (κ3) is 2.70. The van der Waals surface area contributed by atoms with Gasteiger partial charge in [0, 0.05) is 32.5 Å². The van der Waals surface area contributed by atoms with Gasteiger partial charge in [0.05, 0.1) is 5.92 Å². The highest BCUT2D eigenvalue weighted by Gasteiger charge is 2.60. The molecule has 2 fully saturated rings. The molecule has 0 spiro atoms. The Morgan fingerprint density at radius 3 is 2.32 bits per heavy atom. The van der Waals surface area contributed by atoms with Crippen LogP contribution in [0.3, 0.4) is 0 Å². The maximum atomic E-state index is 12.3. The monoisotopic (exact) mass is 317 g/mol. The van der Waals surface area contributed by atoms with Crippen LogP contribution in [0, 0.1) is 16.0 Å². The fourth-order valence-electron chi connectivity index (χ4n) is 3.22. The van der Waals surface area contributed by atoms with E-state index >= 15 is 0 Å². The van der Waals surface area contributed by atoms with Crippen LogP contribution in [0.1, 0.15) is 39.5 Å². The summed E-state index contributed by atoms with van der Waals surface area (Å²) in [5.41, 5.74) is 0.